The van der Waals surface area contributed by atoms with E-state index in [0.29, 0.717) is 17.1 Å². The van der Waals surface area contributed by atoms with E-state index in [-0.39, 0.29) is 5.91 Å². The first kappa shape index (κ1) is 10.7. The quantitative estimate of drug-likeness (QED) is 0.599. The van der Waals surface area contributed by atoms with Gasteiger partial charge in [-0.05, 0) is 17.9 Å². The number of carbonyl (C=O) groups is 1. The maximum atomic E-state index is 11.5. The van der Waals surface area contributed by atoms with Crippen LogP contribution in [-0.2, 0) is 0 Å². The van der Waals surface area contributed by atoms with Gasteiger partial charge in [-0.3, -0.25) is 4.79 Å². The summed E-state index contributed by atoms with van der Waals surface area (Å²) in [5, 5.41) is 4.55. The number of thiophene rings is 1. The Bertz CT molecular complexity index is 351. The summed E-state index contributed by atoms with van der Waals surface area (Å²) in [5.41, 5.74) is 0.448. The lowest BCUT2D eigenvalue weighted by Gasteiger charge is -2.01. The first-order valence-corrected chi connectivity index (χ1v) is 5.40. The fourth-order valence-corrected chi connectivity index (χ4v) is 1.77. The number of unbranched alkanes of at least 4 members (excludes halogenated alkanes) is 1. The number of carbonyl (C=O) groups excluding carboxylic acids is 1. The standard InChI is InChI=1S/C10H12N2OS/c1-3-4-6-12-10(13)9-8(11-2)5-7-14-9/h5,7H,3-4,6H2,1H3,(H,12,13). The lowest BCUT2D eigenvalue weighted by Crippen LogP contribution is -2.23. The molecule has 0 aromatic carbocycles. The molecule has 1 heterocycles. The van der Waals surface area contributed by atoms with Crippen molar-refractivity contribution in [3.63, 3.8) is 0 Å². The zero-order valence-electron chi connectivity index (χ0n) is 8.04. The Balaban J connectivity index is 2.57. The van der Waals surface area contributed by atoms with Crippen molar-refractivity contribution in [3.05, 3.63) is 27.7 Å². The summed E-state index contributed by atoms with van der Waals surface area (Å²) in [6.07, 6.45) is 2.03. The van der Waals surface area contributed by atoms with Crippen LogP contribution in [0.2, 0.25) is 0 Å². The summed E-state index contributed by atoms with van der Waals surface area (Å²) in [7, 11) is 0. The summed E-state index contributed by atoms with van der Waals surface area (Å²) >= 11 is 1.31. The predicted octanol–water partition coefficient (Wildman–Crippen LogP) is 2.83. The minimum atomic E-state index is -0.126. The SMILES string of the molecule is [C-]#[N+]c1ccsc1C(=O)NCCCC. The lowest BCUT2D eigenvalue weighted by molar-refractivity contribution is 0.0958. The normalized spacial score (nSPS) is 9.43. The Morgan fingerprint density at radius 2 is 2.50 bits per heavy atom. The van der Waals surface area contributed by atoms with Gasteiger partial charge in [-0.15, -0.1) is 0 Å². The Labute approximate surface area is 87.6 Å². The zero-order valence-corrected chi connectivity index (χ0v) is 8.86. The molecule has 0 radical (unpaired) electrons. The molecule has 1 N–H and O–H groups in total. The van der Waals surface area contributed by atoms with Gasteiger partial charge in [0.15, 0.2) is 0 Å². The molecule has 0 spiro atoms. The number of nitrogens with one attached hydrogen (secondary N) is 1. The van der Waals surface area contributed by atoms with E-state index < -0.39 is 0 Å². The fourth-order valence-electron chi connectivity index (χ4n) is 1.02. The highest BCUT2D eigenvalue weighted by molar-refractivity contribution is 7.12. The molecule has 1 rings (SSSR count). The van der Waals surface area contributed by atoms with Crippen molar-refractivity contribution in [2.45, 2.75) is 19.8 Å². The maximum absolute atomic E-state index is 11.5. The monoisotopic (exact) mass is 208 g/mol. The molecule has 0 aliphatic heterocycles. The smallest absolute Gasteiger partial charge is 0.250 e. The Kier molecular flexibility index (Phi) is 4.14. The maximum Gasteiger partial charge on any atom is 0.250 e. The van der Waals surface area contributed by atoms with Crippen LogP contribution >= 0.6 is 11.3 Å². The highest BCUT2D eigenvalue weighted by Crippen LogP contribution is 2.24. The molecule has 1 amide bonds. The fraction of sp³-hybridized carbons (Fsp3) is 0.400. The number of hydrogen-bond donors (Lipinski definition) is 1. The Morgan fingerprint density at radius 3 is 3.14 bits per heavy atom. The molecular formula is C10H12N2OS. The van der Waals surface area contributed by atoms with Crippen molar-refractivity contribution in [2.24, 2.45) is 0 Å². The van der Waals surface area contributed by atoms with Crippen LogP contribution in [0.3, 0.4) is 0 Å². The van der Waals surface area contributed by atoms with Gasteiger partial charge in [0.1, 0.15) is 0 Å². The van der Waals surface area contributed by atoms with E-state index in [9.17, 15) is 4.79 Å². The van der Waals surface area contributed by atoms with Gasteiger partial charge in [0.2, 0.25) is 5.69 Å². The number of nitrogens with zero attached hydrogens (tertiary/aromatic N) is 1. The minimum Gasteiger partial charge on any atom is -0.352 e. The largest absolute Gasteiger partial charge is 0.352 e. The second-order valence-corrected chi connectivity index (χ2v) is 3.77. The summed E-state index contributed by atoms with van der Waals surface area (Å²) in [6.45, 7) is 9.62. The van der Waals surface area contributed by atoms with Crippen molar-refractivity contribution < 1.29 is 4.79 Å². The van der Waals surface area contributed by atoms with Gasteiger partial charge in [-0.1, -0.05) is 13.3 Å². The summed E-state index contributed by atoms with van der Waals surface area (Å²) in [6, 6.07) is 1.67. The van der Waals surface area contributed by atoms with E-state index in [1.807, 2.05) is 0 Å². The zero-order chi connectivity index (χ0) is 10.4. The molecule has 0 aliphatic rings. The average Bonchev–Trinajstić information content (AvgIpc) is 2.65. The second kappa shape index (κ2) is 5.40. The van der Waals surface area contributed by atoms with Gasteiger partial charge in [0.05, 0.1) is 11.4 Å². The van der Waals surface area contributed by atoms with Gasteiger partial charge in [-0.25, -0.2) is 4.85 Å². The molecule has 1 aromatic heterocycles. The van der Waals surface area contributed by atoms with Crippen LogP contribution in [0.15, 0.2) is 11.4 Å². The van der Waals surface area contributed by atoms with Gasteiger partial charge in [-0.2, -0.15) is 11.3 Å². The van der Waals surface area contributed by atoms with E-state index in [4.69, 9.17) is 6.57 Å². The highest BCUT2D eigenvalue weighted by atomic mass is 32.1. The van der Waals surface area contributed by atoms with Gasteiger partial charge >= 0.3 is 0 Å². The molecule has 0 saturated heterocycles. The molecule has 0 unspecified atom stereocenters. The Hall–Kier alpha value is -1.34. The third-order valence-electron chi connectivity index (χ3n) is 1.79. The summed E-state index contributed by atoms with van der Waals surface area (Å²) in [4.78, 5) is 15.3. The van der Waals surface area contributed by atoms with Crippen molar-refractivity contribution >= 4 is 22.9 Å². The third kappa shape index (κ3) is 2.57. The van der Waals surface area contributed by atoms with E-state index >= 15 is 0 Å². The molecule has 4 heteroatoms. The van der Waals surface area contributed by atoms with Crippen molar-refractivity contribution in [1.29, 1.82) is 0 Å². The van der Waals surface area contributed by atoms with Gasteiger partial charge in [0, 0.05) is 6.54 Å². The van der Waals surface area contributed by atoms with Crippen LogP contribution in [0.5, 0.6) is 0 Å². The molecule has 0 atom stereocenters. The van der Waals surface area contributed by atoms with E-state index in [1.54, 1.807) is 11.4 Å². The molecule has 3 nitrogen and oxygen atoms in total. The van der Waals surface area contributed by atoms with Crippen LogP contribution in [0.1, 0.15) is 29.4 Å². The molecular weight excluding hydrogens is 196 g/mol. The average molecular weight is 208 g/mol. The molecule has 0 aliphatic carbocycles. The molecule has 0 fully saturated rings. The van der Waals surface area contributed by atoms with Crippen molar-refractivity contribution in [1.82, 2.24) is 5.32 Å². The van der Waals surface area contributed by atoms with Crippen LogP contribution in [-0.4, -0.2) is 12.5 Å². The molecule has 1 aromatic rings. The van der Waals surface area contributed by atoms with Crippen LogP contribution in [0.4, 0.5) is 5.69 Å². The summed E-state index contributed by atoms with van der Waals surface area (Å²) < 4.78 is 0. The number of hydrogen-bond acceptors (Lipinski definition) is 2. The first-order valence-electron chi connectivity index (χ1n) is 4.52. The predicted molar refractivity (Wildman–Crippen MR) is 57.8 cm³/mol. The van der Waals surface area contributed by atoms with E-state index in [1.165, 1.54) is 11.3 Å². The van der Waals surface area contributed by atoms with Gasteiger partial charge < -0.3 is 5.32 Å². The van der Waals surface area contributed by atoms with Crippen LogP contribution < -0.4 is 5.32 Å². The molecule has 0 saturated carbocycles. The summed E-state index contributed by atoms with van der Waals surface area (Å²) in [5.74, 6) is -0.126. The second-order valence-electron chi connectivity index (χ2n) is 2.86. The van der Waals surface area contributed by atoms with Crippen LogP contribution in [0, 0.1) is 6.57 Å². The molecule has 0 bridgehead atoms. The van der Waals surface area contributed by atoms with E-state index in [0.717, 1.165) is 12.8 Å². The van der Waals surface area contributed by atoms with Gasteiger partial charge in [0.25, 0.3) is 5.91 Å². The number of amides is 1. The molecule has 74 valence electrons. The number of rotatable bonds is 4. The third-order valence-corrected chi connectivity index (χ3v) is 2.69. The minimum absolute atomic E-state index is 0.126. The van der Waals surface area contributed by atoms with E-state index in [2.05, 4.69) is 17.1 Å². The highest BCUT2D eigenvalue weighted by Gasteiger charge is 2.11. The Morgan fingerprint density at radius 1 is 1.71 bits per heavy atom. The van der Waals surface area contributed by atoms with Crippen molar-refractivity contribution in [3.8, 4) is 0 Å². The van der Waals surface area contributed by atoms with Crippen LogP contribution in [0.25, 0.3) is 4.85 Å². The lowest BCUT2D eigenvalue weighted by atomic mass is 10.3. The molecule has 14 heavy (non-hydrogen) atoms. The van der Waals surface area contributed by atoms with Crippen molar-refractivity contribution in [2.75, 3.05) is 6.54 Å². The first-order chi connectivity index (χ1) is 6.79. The topological polar surface area (TPSA) is 33.5 Å².